The van der Waals surface area contributed by atoms with Crippen LogP contribution in [-0.4, -0.2) is 33.0 Å². The van der Waals surface area contributed by atoms with E-state index in [-0.39, 0.29) is 0 Å². The van der Waals surface area contributed by atoms with E-state index in [1.54, 1.807) is 0 Å². The third kappa shape index (κ3) is 3.88. The molecule has 1 aromatic rings. The maximum Gasteiger partial charge on any atom is 0.321 e. The molecule has 0 unspecified atom stereocenters. The molecule has 1 rings (SSSR count). The van der Waals surface area contributed by atoms with Gasteiger partial charge in [-0.05, 0) is 0 Å². The average Bonchev–Trinajstić information content (AvgIpc) is 2.65. The van der Waals surface area contributed by atoms with Crippen LogP contribution < -0.4 is 5.73 Å². The van der Waals surface area contributed by atoms with Gasteiger partial charge in [0.05, 0.1) is 5.75 Å². The highest BCUT2D eigenvalue weighted by molar-refractivity contribution is 7.98. The summed E-state index contributed by atoms with van der Waals surface area (Å²) in [4.78, 5) is 14.5. The molecule has 0 amide bonds. The average molecular weight is 231 g/mol. The van der Waals surface area contributed by atoms with Gasteiger partial charge in [0.1, 0.15) is 6.04 Å². The maximum atomic E-state index is 10.4. The normalized spacial score (nSPS) is 12.7. The lowest BCUT2D eigenvalue weighted by Gasteiger charge is -2.03. The van der Waals surface area contributed by atoms with Crippen molar-refractivity contribution in [3.63, 3.8) is 0 Å². The van der Waals surface area contributed by atoms with Crippen molar-refractivity contribution in [2.75, 3.05) is 5.75 Å². The van der Waals surface area contributed by atoms with Gasteiger partial charge in [-0.1, -0.05) is 12.1 Å². The predicted octanol–water partition coefficient (Wildman–Crippen LogP) is 0.277. The van der Waals surface area contributed by atoms with Crippen LogP contribution in [0.15, 0.2) is 4.52 Å². The topological polar surface area (TPSA) is 102 Å². The lowest BCUT2D eigenvalue weighted by molar-refractivity contribution is -0.137. The quantitative estimate of drug-likeness (QED) is 0.724. The summed E-state index contributed by atoms with van der Waals surface area (Å²) in [6.07, 6.45) is 0.725. The first-order chi connectivity index (χ1) is 7.13. The van der Waals surface area contributed by atoms with Gasteiger partial charge in [-0.2, -0.15) is 4.98 Å². The van der Waals surface area contributed by atoms with Crippen LogP contribution in [0, 0.1) is 0 Å². The fraction of sp³-hybridized carbons (Fsp3) is 0.625. The van der Waals surface area contributed by atoms with Crippen LogP contribution in [0.25, 0.3) is 0 Å². The zero-order valence-electron chi connectivity index (χ0n) is 8.34. The molecule has 0 bridgehead atoms. The van der Waals surface area contributed by atoms with Crippen LogP contribution in [0.5, 0.6) is 0 Å². The predicted molar refractivity (Wildman–Crippen MR) is 55.4 cm³/mol. The Morgan fingerprint density at radius 2 is 2.47 bits per heavy atom. The Kier molecular flexibility index (Phi) is 4.57. The number of hydrogen-bond acceptors (Lipinski definition) is 6. The molecule has 15 heavy (non-hydrogen) atoms. The molecule has 0 aliphatic carbocycles. The molecule has 6 nitrogen and oxygen atoms in total. The summed E-state index contributed by atoms with van der Waals surface area (Å²) in [5.41, 5.74) is 5.32. The van der Waals surface area contributed by atoms with E-state index in [4.69, 9.17) is 15.4 Å². The highest BCUT2D eigenvalue weighted by Gasteiger charge is 2.12. The number of thioether (sulfide) groups is 1. The minimum atomic E-state index is -0.998. The molecule has 1 atom stereocenters. The molecule has 1 heterocycles. The van der Waals surface area contributed by atoms with Crippen molar-refractivity contribution >= 4 is 17.7 Å². The van der Waals surface area contributed by atoms with Crippen molar-refractivity contribution < 1.29 is 14.4 Å². The number of aliphatic carboxylic acids is 1. The molecule has 0 aliphatic rings. The molecule has 0 aromatic carbocycles. The summed E-state index contributed by atoms with van der Waals surface area (Å²) in [5.74, 6) is 0.998. The van der Waals surface area contributed by atoms with Gasteiger partial charge in [-0.3, -0.25) is 4.79 Å². The molecular weight excluding hydrogens is 218 g/mol. The largest absolute Gasteiger partial charge is 0.480 e. The number of aromatic nitrogens is 2. The van der Waals surface area contributed by atoms with Crippen LogP contribution >= 0.6 is 11.8 Å². The third-order valence-electron chi connectivity index (χ3n) is 1.67. The van der Waals surface area contributed by atoms with Crippen LogP contribution in [0.2, 0.25) is 0 Å². The Bertz CT molecular complexity index is 329. The molecule has 1 aromatic heterocycles. The van der Waals surface area contributed by atoms with Crippen molar-refractivity contribution in [1.29, 1.82) is 0 Å². The molecule has 3 N–H and O–H groups in total. The first kappa shape index (κ1) is 12.0. The van der Waals surface area contributed by atoms with E-state index < -0.39 is 12.0 Å². The van der Waals surface area contributed by atoms with E-state index >= 15 is 0 Å². The van der Waals surface area contributed by atoms with Gasteiger partial charge in [-0.15, -0.1) is 11.8 Å². The fourth-order valence-corrected chi connectivity index (χ4v) is 1.64. The van der Waals surface area contributed by atoms with Gasteiger partial charge < -0.3 is 15.4 Å². The number of carbonyl (C=O) groups is 1. The number of nitrogens with two attached hydrogens (primary N) is 1. The van der Waals surface area contributed by atoms with E-state index in [1.165, 1.54) is 11.8 Å². The number of aryl methyl sites for hydroxylation is 1. The number of carboxylic acid groups (broad SMARTS) is 1. The van der Waals surface area contributed by atoms with Crippen molar-refractivity contribution in [3.05, 3.63) is 11.7 Å². The summed E-state index contributed by atoms with van der Waals surface area (Å²) in [6.45, 7) is 1.93. The van der Waals surface area contributed by atoms with Crippen LogP contribution in [0.1, 0.15) is 18.6 Å². The van der Waals surface area contributed by atoms with Crippen LogP contribution in [-0.2, 0) is 17.0 Å². The van der Waals surface area contributed by atoms with Gasteiger partial charge >= 0.3 is 5.97 Å². The molecule has 7 heteroatoms. The monoisotopic (exact) mass is 231 g/mol. The lowest BCUT2D eigenvalue weighted by Crippen LogP contribution is -2.32. The lowest BCUT2D eigenvalue weighted by atomic mass is 10.4. The second kappa shape index (κ2) is 5.72. The molecule has 84 valence electrons. The second-order valence-electron chi connectivity index (χ2n) is 2.92. The van der Waals surface area contributed by atoms with Crippen LogP contribution in [0.4, 0.5) is 0 Å². The summed E-state index contributed by atoms with van der Waals surface area (Å²) < 4.78 is 4.93. The number of nitrogens with zero attached hydrogens (tertiary/aromatic N) is 2. The second-order valence-corrected chi connectivity index (χ2v) is 3.95. The molecule has 0 aliphatic heterocycles. The first-order valence-corrected chi connectivity index (χ1v) is 5.66. The zero-order valence-corrected chi connectivity index (χ0v) is 9.16. The van der Waals surface area contributed by atoms with Gasteiger partial charge in [0.25, 0.3) is 0 Å². The molecule has 0 radical (unpaired) electrons. The third-order valence-corrected chi connectivity index (χ3v) is 2.71. The Morgan fingerprint density at radius 3 is 3.00 bits per heavy atom. The minimum absolute atomic E-state index is 0.333. The highest BCUT2D eigenvalue weighted by Crippen LogP contribution is 2.11. The van der Waals surface area contributed by atoms with Crippen molar-refractivity contribution in [3.8, 4) is 0 Å². The van der Waals surface area contributed by atoms with Gasteiger partial charge in [-0.25, -0.2) is 0 Å². The van der Waals surface area contributed by atoms with E-state index in [1.807, 2.05) is 6.92 Å². The number of rotatable bonds is 6. The smallest absolute Gasteiger partial charge is 0.321 e. The van der Waals surface area contributed by atoms with Crippen molar-refractivity contribution in [1.82, 2.24) is 10.1 Å². The van der Waals surface area contributed by atoms with E-state index in [9.17, 15) is 4.79 Å². The van der Waals surface area contributed by atoms with Crippen LogP contribution in [0.3, 0.4) is 0 Å². The first-order valence-electron chi connectivity index (χ1n) is 4.51. The van der Waals surface area contributed by atoms with E-state index in [0.29, 0.717) is 23.2 Å². The fourth-order valence-electron chi connectivity index (χ4n) is 0.837. The standard InChI is InChI=1S/C8H13N3O3S/c1-2-6-10-7(14-11-6)4-15-3-5(9)8(12)13/h5H,2-4,9H2,1H3,(H,12,13)/t5-/m1/s1. The van der Waals surface area contributed by atoms with Gasteiger partial charge in [0.15, 0.2) is 5.82 Å². The van der Waals surface area contributed by atoms with Crippen molar-refractivity contribution in [2.24, 2.45) is 5.73 Å². The highest BCUT2D eigenvalue weighted by atomic mass is 32.2. The van der Waals surface area contributed by atoms with E-state index in [2.05, 4.69) is 10.1 Å². The number of carboxylic acids is 1. The van der Waals surface area contributed by atoms with Gasteiger partial charge in [0.2, 0.25) is 5.89 Å². The zero-order chi connectivity index (χ0) is 11.3. The Labute approximate surface area is 91.2 Å². The Hall–Kier alpha value is -1.08. The minimum Gasteiger partial charge on any atom is -0.480 e. The van der Waals surface area contributed by atoms with E-state index in [0.717, 1.165) is 6.42 Å². The summed E-state index contributed by atoms with van der Waals surface area (Å²) in [7, 11) is 0. The van der Waals surface area contributed by atoms with Gasteiger partial charge in [0, 0.05) is 12.2 Å². The summed E-state index contributed by atoms with van der Waals surface area (Å²) in [5, 5.41) is 12.3. The molecular formula is C8H13N3O3S. The molecule has 0 spiro atoms. The maximum absolute atomic E-state index is 10.4. The van der Waals surface area contributed by atoms with Crippen molar-refractivity contribution in [2.45, 2.75) is 25.1 Å². The number of hydrogen-bond donors (Lipinski definition) is 2. The summed E-state index contributed by atoms with van der Waals surface area (Å²) in [6, 6.07) is -0.844. The summed E-state index contributed by atoms with van der Waals surface area (Å²) >= 11 is 1.36. The SMILES string of the molecule is CCc1noc(CSC[C@@H](N)C(=O)O)n1. The molecule has 0 saturated heterocycles. The Balaban J connectivity index is 2.28. The Morgan fingerprint density at radius 1 is 1.73 bits per heavy atom. The molecule has 0 saturated carbocycles. The molecule has 0 fully saturated rings.